The number of aryl methyl sites for hydroxylation is 1. The summed E-state index contributed by atoms with van der Waals surface area (Å²) in [4.78, 5) is 32.2. The number of esters is 1. The standard InChI is InChI=1S/C11H12N2O5/c1-6-4-5-9(12-7(2)14)10(13(16)17)11(6)18-8(3)15/h4-5H,1-3H3,(H,12,14). The fourth-order valence-electron chi connectivity index (χ4n) is 1.42. The lowest BCUT2D eigenvalue weighted by Gasteiger charge is -2.10. The number of anilines is 1. The Morgan fingerprint density at radius 1 is 1.33 bits per heavy atom. The van der Waals surface area contributed by atoms with Gasteiger partial charge in [-0.25, -0.2) is 0 Å². The third-order valence-electron chi connectivity index (χ3n) is 2.07. The Morgan fingerprint density at radius 3 is 2.39 bits per heavy atom. The average molecular weight is 252 g/mol. The predicted molar refractivity (Wildman–Crippen MR) is 63.4 cm³/mol. The van der Waals surface area contributed by atoms with E-state index in [2.05, 4.69) is 5.32 Å². The van der Waals surface area contributed by atoms with Crippen molar-refractivity contribution in [2.24, 2.45) is 0 Å². The molecule has 1 aromatic carbocycles. The number of hydrogen-bond acceptors (Lipinski definition) is 5. The van der Waals surface area contributed by atoms with Crippen molar-refractivity contribution in [3.8, 4) is 5.75 Å². The number of nitrogens with zero attached hydrogens (tertiary/aromatic N) is 1. The van der Waals surface area contributed by atoms with E-state index in [-0.39, 0.29) is 11.4 Å². The minimum absolute atomic E-state index is 0.00523. The van der Waals surface area contributed by atoms with Crippen LogP contribution in [0, 0.1) is 17.0 Å². The third-order valence-corrected chi connectivity index (χ3v) is 2.07. The van der Waals surface area contributed by atoms with Gasteiger partial charge in [0, 0.05) is 13.8 Å². The van der Waals surface area contributed by atoms with Gasteiger partial charge >= 0.3 is 11.7 Å². The van der Waals surface area contributed by atoms with Gasteiger partial charge in [-0.2, -0.15) is 0 Å². The first-order valence-corrected chi connectivity index (χ1v) is 5.07. The minimum Gasteiger partial charge on any atom is -0.419 e. The first-order valence-electron chi connectivity index (χ1n) is 5.07. The Balaban J connectivity index is 3.41. The molecule has 0 aliphatic rings. The molecule has 1 amide bonds. The SMILES string of the molecule is CC(=O)Nc1ccc(C)c(OC(C)=O)c1[N+](=O)[O-]. The molecule has 0 fully saturated rings. The van der Waals surface area contributed by atoms with Crippen LogP contribution in [-0.2, 0) is 9.59 Å². The van der Waals surface area contributed by atoms with E-state index in [0.29, 0.717) is 5.56 Å². The van der Waals surface area contributed by atoms with Gasteiger partial charge in [0.15, 0.2) is 0 Å². The van der Waals surface area contributed by atoms with Crippen molar-refractivity contribution in [2.45, 2.75) is 20.8 Å². The maximum absolute atomic E-state index is 11.0. The second kappa shape index (κ2) is 5.26. The van der Waals surface area contributed by atoms with E-state index in [1.165, 1.54) is 19.1 Å². The fraction of sp³-hybridized carbons (Fsp3) is 0.273. The molecule has 7 heteroatoms. The van der Waals surface area contributed by atoms with Crippen LogP contribution >= 0.6 is 0 Å². The van der Waals surface area contributed by atoms with Crippen molar-refractivity contribution in [3.05, 3.63) is 27.8 Å². The Morgan fingerprint density at radius 2 is 1.94 bits per heavy atom. The highest BCUT2D eigenvalue weighted by Gasteiger charge is 2.25. The molecule has 1 N–H and O–H groups in total. The molecule has 1 aromatic rings. The molecule has 1 rings (SSSR count). The van der Waals surface area contributed by atoms with E-state index in [9.17, 15) is 19.7 Å². The number of rotatable bonds is 3. The molecule has 0 unspecified atom stereocenters. The van der Waals surface area contributed by atoms with Gasteiger partial charge in [-0.05, 0) is 18.6 Å². The number of ether oxygens (including phenoxy) is 1. The Kier molecular flexibility index (Phi) is 3.98. The van der Waals surface area contributed by atoms with Gasteiger partial charge in [-0.15, -0.1) is 0 Å². The van der Waals surface area contributed by atoms with Crippen molar-refractivity contribution in [1.29, 1.82) is 0 Å². The van der Waals surface area contributed by atoms with E-state index in [0.717, 1.165) is 6.92 Å². The molecule has 0 saturated heterocycles. The van der Waals surface area contributed by atoms with E-state index in [4.69, 9.17) is 4.74 Å². The number of carbonyl (C=O) groups is 2. The van der Waals surface area contributed by atoms with Crippen LogP contribution in [-0.4, -0.2) is 16.8 Å². The second-order valence-corrected chi connectivity index (χ2v) is 3.64. The van der Waals surface area contributed by atoms with Crippen LogP contribution in [0.1, 0.15) is 19.4 Å². The van der Waals surface area contributed by atoms with Crippen LogP contribution in [0.5, 0.6) is 5.75 Å². The summed E-state index contributed by atoms with van der Waals surface area (Å²) in [6.07, 6.45) is 0. The normalized spacial score (nSPS) is 9.72. The summed E-state index contributed by atoms with van der Waals surface area (Å²) in [7, 11) is 0. The van der Waals surface area contributed by atoms with E-state index in [1.807, 2.05) is 0 Å². The first kappa shape index (κ1) is 13.6. The molecule has 0 aliphatic carbocycles. The van der Waals surface area contributed by atoms with Crippen LogP contribution in [0.3, 0.4) is 0 Å². The maximum Gasteiger partial charge on any atom is 0.335 e. The molecule has 0 spiro atoms. The second-order valence-electron chi connectivity index (χ2n) is 3.64. The summed E-state index contributed by atoms with van der Waals surface area (Å²) >= 11 is 0. The van der Waals surface area contributed by atoms with Crippen LogP contribution in [0.15, 0.2) is 12.1 Å². The number of hydrogen-bond donors (Lipinski definition) is 1. The van der Waals surface area contributed by atoms with Gasteiger partial charge in [0.1, 0.15) is 5.69 Å². The summed E-state index contributed by atoms with van der Waals surface area (Å²) in [6, 6.07) is 2.92. The molecule has 7 nitrogen and oxygen atoms in total. The summed E-state index contributed by atoms with van der Waals surface area (Å²) < 4.78 is 4.83. The lowest BCUT2D eigenvalue weighted by atomic mass is 10.1. The molecule has 0 heterocycles. The van der Waals surface area contributed by atoms with Crippen LogP contribution in [0.25, 0.3) is 0 Å². The highest BCUT2D eigenvalue weighted by atomic mass is 16.6. The molecule has 18 heavy (non-hydrogen) atoms. The average Bonchev–Trinajstić information content (AvgIpc) is 2.21. The van der Waals surface area contributed by atoms with Gasteiger partial charge in [0.2, 0.25) is 11.7 Å². The number of nitrogens with one attached hydrogen (secondary N) is 1. The molecule has 0 saturated carbocycles. The smallest absolute Gasteiger partial charge is 0.335 e. The molecular weight excluding hydrogens is 240 g/mol. The van der Waals surface area contributed by atoms with Crippen molar-refractivity contribution in [3.63, 3.8) is 0 Å². The largest absolute Gasteiger partial charge is 0.419 e. The predicted octanol–water partition coefficient (Wildman–Crippen LogP) is 1.79. The maximum atomic E-state index is 11.0. The Bertz CT molecular complexity index is 524. The molecule has 0 bridgehead atoms. The summed E-state index contributed by atoms with van der Waals surface area (Å²) in [5.74, 6) is -1.27. The van der Waals surface area contributed by atoms with Crippen LogP contribution < -0.4 is 10.1 Å². The molecule has 96 valence electrons. The quantitative estimate of drug-likeness (QED) is 0.382. The van der Waals surface area contributed by atoms with E-state index >= 15 is 0 Å². The van der Waals surface area contributed by atoms with Crippen molar-refractivity contribution in [1.82, 2.24) is 0 Å². The van der Waals surface area contributed by atoms with E-state index in [1.54, 1.807) is 6.92 Å². The number of nitro benzene ring substituents is 1. The molecule has 0 aromatic heterocycles. The minimum atomic E-state index is -0.698. The lowest BCUT2D eigenvalue weighted by molar-refractivity contribution is -0.384. The van der Waals surface area contributed by atoms with Gasteiger partial charge in [0.25, 0.3) is 0 Å². The van der Waals surface area contributed by atoms with Crippen molar-refractivity contribution in [2.75, 3.05) is 5.32 Å². The zero-order chi connectivity index (χ0) is 13.9. The highest BCUT2D eigenvalue weighted by Crippen LogP contribution is 2.37. The van der Waals surface area contributed by atoms with Gasteiger partial charge in [-0.3, -0.25) is 19.7 Å². The summed E-state index contributed by atoms with van der Waals surface area (Å²) in [5, 5.41) is 13.3. The molecular formula is C11H12N2O5. The van der Waals surface area contributed by atoms with E-state index < -0.39 is 22.5 Å². The zero-order valence-electron chi connectivity index (χ0n) is 10.1. The molecule has 0 atom stereocenters. The summed E-state index contributed by atoms with van der Waals surface area (Å²) in [6.45, 7) is 3.95. The molecule has 0 aliphatic heterocycles. The topological polar surface area (TPSA) is 98.5 Å². The number of carbonyl (C=O) groups excluding carboxylic acids is 2. The van der Waals surface area contributed by atoms with Crippen molar-refractivity contribution < 1.29 is 19.2 Å². The number of amides is 1. The first-order chi connectivity index (χ1) is 8.32. The van der Waals surface area contributed by atoms with Gasteiger partial charge in [-0.1, -0.05) is 6.07 Å². The molecule has 0 radical (unpaired) electrons. The fourth-order valence-corrected chi connectivity index (χ4v) is 1.42. The highest BCUT2D eigenvalue weighted by molar-refractivity contribution is 5.93. The van der Waals surface area contributed by atoms with Gasteiger partial charge < -0.3 is 10.1 Å². The summed E-state index contributed by atoms with van der Waals surface area (Å²) in [5.41, 5.74) is 0.000696. The monoisotopic (exact) mass is 252 g/mol. The van der Waals surface area contributed by atoms with Gasteiger partial charge in [0.05, 0.1) is 4.92 Å². The van der Waals surface area contributed by atoms with Crippen molar-refractivity contribution >= 4 is 23.3 Å². The number of benzene rings is 1. The Labute approximate surface area is 103 Å². The Hall–Kier alpha value is -2.44. The number of nitro groups is 1. The zero-order valence-corrected chi connectivity index (χ0v) is 10.1. The van der Waals surface area contributed by atoms with Crippen LogP contribution in [0.2, 0.25) is 0 Å². The third kappa shape index (κ3) is 3.03. The van der Waals surface area contributed by atoms with Crippen LogP contribution in [0.4, 0.5) is 11.4 Å². The lowest BCUT2D eigenvalue weighted by Crippen LogP contribution is -2.11.